The average molecular weight is 300 g/mol. The molecule has 0 aromatic rings. The predicted molar refractivity (Wildman–Crippen MR) is 75.4 cm³/mol. The lowest BCUT2D eigenvalue weighted by molar-refractivity contribution is -0.156. The maximum Gasteiger partial charge on any atom is 0.337 e. The Morgan fingerprint density at radius 1 is 1.29 bits per heavy atom. The summed E-state index contributed by atoms with van der Waals surface area (Å²) in [5.41, 5.74) is -1.99. The Labute approximate surface area is 124 Å². The minimum absolute atomic E-state index is 0.0228. The first kappa shape index (κ1) is 17.4. The molecule has 2 unspecified atom stereocenters. The van der Waals surface area contributed by atoms with Crippen LogP contribution >= 0.6 is 0 Å². The number of aliphatic carboxylic acids is 1. The quantitative estimate of drug-likeness (QED) is 0.529. The fourth-order valence-electron chi connectivity index (χ4n) is 2.30. The van der Waals surface area contributed by atoms with Crippen LogP contribution in [0.25, 0.3) is 0 Å². The number of nitrogens with one attached hydrogen (secondary N) is 2. The topological polar surface area (TPSA) is 116 Å². The fraction of sp³-hybridized carbons (Fsp3) is 0.786. The summed E-state index contributed by atoms with van der Waals surface area (Å²) < 4.78 is 0. The molecule has 1 aliphatic rings. The second-order valence-electron chi connectivity index (χ2n) is 5.95. The van der Waals surface area contributed by atoms with E-state index in [9.17, 15) is 19.5 Å². The van der Waals surface area contributed by atoms with Crippen LogP contribution in [0, 0.1) is 5.92 Å². The first-order valence-corrected chi connectivity index (χ1v) is 7.25. The summed E-state index contributed by atoms with van der Waals surface area (Å²) in [6.45, 7) is 2.47. The van der Waals surface area contributed by atoms with Gasteiger partial charge in [-0.15, -0.1) is 0 Å². The van der Waals surface area contributed by atoms with Crippen LogP contribution in [0.4, 0.5) is 0 Å². The molecule has 1 aliphatic carbocycles. The number of hydrogen-bond acceptors (Lipinski definition) is 4. The molecule has 0 radical (unpaired) electrons. The van der Waals surface area contributed by atoms with Gasteiger partial charge in [0, 0.05) is 18.4 Å². The van der Waals surface area contributed by atoms with E-state index in [-0.39, 0.29) is 30.8 Å². The van der Waals surface area contributed by atoms with Gasteiger partial charge >= 0.3 is 5.97 Å². The highest BCUT2D eigenvalue weighted by Crippen LogP contribution is 2.24. The predicted octanol–water partition coefficient (Wildman–Crippen LogP) is 0.0232. The molecule has 0 heterocycles. The van der Waals surface area contributed by atoms with Crippen molar-refractivity contribution in [2.45, 2.75) is 57.6 Å². The van der Waals surface area contributed by atoms with E-state index in [1.165, 1.54) is 0 Å². The number of hydrogen-bond donors (Lipinski definition) is 4. The highest BCUT2D eigenvalue weighted by Gasteiger charge is 2.30. The van der Waals surface area contributed by atoms with Gasteiger partial charge < -0.3 is 20.8 Å². The average Bonchev–Trinajstić information content (AvgIpc) is 2.90. The molecule has 7 nitrogen and oxygen atoms in total. The summed E-state index contributed by atoms with van der Waals surface area (Å²) in [6.07, 6.45) is 3.97. The zero-order valence-electron chi connectivity index (χ0n) is 12.5. The van der Waals surface area contributed by atoms with E-state index in [2.05, 4.69) is 10.6 Å². The third kappa shape index (κ3) is 5.71. The largest absolute Gasteiger partial charge is 0.479 e. The Kier molecular flexibility index (Phi) is 6.14. The van der Waals surface area contributed by atoms with E-state index >= 15 is 0 Å². The summed E-state index contributed by atoms with van der Waals surface area (Å²) in [6, 6.07) is -0.326. The SMILES string of the molecule is CC(CC(=O)NCC(C)(O)C(=O)O)NC(=O)C1CCCC1. The van der Waals surface area contributed by atoms with Crippen molar-refractivity contribution >= 4 is 17.8 Å². The lowest BCUT2D eigenvalue weighted by Gasteiger charge is -2.20. The van der Waals surface area contributed by atoms with Crippen LogP contribution in [-0.4, -0.2) is 46.2 Å². The summed E-state index contributed by atoms with van der Waals surface area (Å²) in [7, 11) is 0. The van der Waals surface area contributed by atoms with Crippen LogP contribution in [0.2, 0.25) is 0 Å². The van der Waals surface area contributed by atoms with Gasteiger partial charge in [0.05, 0.1) is 6.54 Å². The minimum atomic E-state index is -1.99. The Hall–Kier alpha value is -1.63. The molecule has 120 valence electrons. The monoisotopic (exact) mass is 300 g/mol. The number of carbonyl (C=O) groups excluding carboxylic acids is 2. The third-order valence-corrected chi connectivity index (χ3v) is 3.70. The maximum atomic E-state index is 11.9. The van der Waals surface area contributed by atoms with Gasteiger partial charge in [-0.05, 0) is 26.7 Å². The molecular weight excluding hydrogens is 276 g/mol. The van der Waals surface area contributed by atoms with Crippen molar-refractivity contribution in [3.63, 3.8) is 0 Å². The van der Waals surface area contributed by atoms with Crippen molar-refractivity contribution in [2.75, 3.05) is 6.54 Å². The van der Waals surface area contributed by atoms with Gasteiger partial charge in [-0.3, -0.25) is 9.59 Å². The third-order valence-electron chi connectivity index (χ3n) is 3.70. The molecule has 0 aromatic heterocycles. The Morgan fingerprint density at radius 3 is 2.38 bits per heavy atom. The van der Waals surface area contributed by atoms with Gasteiger partial charge in [-0.2, -0.15) is 0 Å². The zero-order valence-corrected chi connectivity index (χ0v) is 12.5. The Balaban J connectivity index is 2.30. The summed E-state index contributed by atoms with van der Waals surface area (Å²) >= 11 is 0. The van der Waals surface area contributed by atoms with Crippen LogP contribution in [0.1, 0.15) is 46.0 Å². The van der Waals surface area contributed by atoms with Crippen LogP contribution < -0.4 is 10.6 Å². The molecule has 1 saturated carbocycles. The van der Waals surface area contributed by atoms with Crippen molar-refractivity contribution in [1.82, 2.24) is 10.6 Å². The maximum absolute atomic E-state index is 11.9. The van der Waals surface area contributed by atoms with Crippen molar-refractivity contribution in [2.24, 2.45) is 5.92 Å². The van der Waals surface area contributed by atoms with Crippen LogP contribution in [0.3, 0.4) is 0 Å². The number of amides is 2. The molecule has 0 aliphatic heterocycles. The van der Waals surface area contributed by atoms with Crippen LogP contribution in [0.5, 0.6) is 0 Å². The Bertz CT molecular complexity index is 402. The molecular formula is C14H24N2O5. The number of carboxylic acids is 1. The standard InChI is InChI=1S/C14H24N2O5/c1-9(16-12(18)10-5-3-4-6-10)7-11(17)15-8-14(2,21)13(19)20/h9-10,21H,3-8H2,1-2H3,(H,15,17)(H,16,18)(H,19,20). The summed E-state index contributed by atoms with van der Waals surface area (Å²) in [4.78, 5) is 34.2. The van der Waals surface area contributed by atoms with Gasteiger partial charge in [0.25, 0.3) is 0 Å². The number of aliphatic hydroxyl groups is 1. The van der Waals surface area contributed by atoms with Crippen LogP contribution in [0.15, 0.2) is 0 Å². The molecule has 0 saturated heterocycles. The van der Waals surface area contributed by atoms with Crippen molar-refractivity contribution in [3.05, 3.63) is 0 Å². The second-order valence-corrected chi connectivity index (χ2v) is 5.95. The lowest BCUT2D eigenvalue weighted by atomic mass is 10.1. The zero-order chi connectivity index (χ0) is 16.0. The molecule has 0 spiro atoms. The first-order chi connectivity index (χ1) is 9.72. The van der Waals surface area contributed by atoms with Gasteiger partial charge in [-0.25, -0.2) is 4.79 Å². The van der Waals surface area contributed by atoms with E-state index in [1.807, 2.05) is 0 Å². The van der Waals surface area contributed by atoms with E-state index in [0.29, 0.717) is 0 Å². The first-order valence-electron chi connectivity index (χ1n) is 7.25. The van der Waals surface area contributed by atoms with Crippen molar-refractivity contribution in [1.29, 1.82) is 0 Å². The molecule has 21 heavy (non-hydrogen) atoms. The van der Waals surface area contributed by atoms with Gasteiger partial charge in [-0.1, -0.05) is 12.8 Å². The smallest absolute Gasteiger partial charge is 0.337 e. The Morgan fingerprint density at radius 2 is 1.86 bits per heavy atom. The van der Waals surface area contributed by atoms with E-state index < -0.39 is 17.5 Å². The van der Waals surface area contributed by atoms with E-state index in [4.69, 9.17) is 5.11 Å². The number of rotatable bonds is 7. The van der Waals surface area contributed by atoms with E-state index in [1.54, 1.807) is 6.92 Å². The fourth-order valence-corrected chi connectivity index (χ4v) is 2.30. The second kappa shape index (κ2) is 7.40. The normalized spacial score (nSPS) is 19.6. The molecule has 2 amide bonds. The molecule has 1 rings (SSSR count). The highest BCUT2D eigenvalue weighted by molar-refractivity contribution is 5.82. The lowest BCUT2D eigenvalue weighted by Crippen LogP contribution is -2.47. The molecule has 0 bridgehead atoms. The minimum Gasteiger partial charge on any atom is -0.479 e. The molecule has 1 fully saturated rings. The van der Waals surface area contributed by atoms with Crippen LogP contribution in [-0.2, 0) is 14.4 Å². The summed E-state index contributed by atoms with van der Waals surface area (Å²) in [5, 5.41) is 23.3. The van der Waals surface area contributed by atoms with Crippen molar-refractivity contribution in [3.8, 4) is 0 Å². The van der Waals surface area contributed by atoms with Gasteiger partial charge in [0.15, 0.2) is 5.60 Å². The van der Waals surface area contributed by atoms with Crippen molar-refractivity contribution < 1.29 is 24.6 Å². The van der Waals surface area contributed by atoms with Gasteiger partial charge in [0.1, 0.15) is 0 Å². The molecule has 2 atom stereocenters. The molecule has 4 N–H and O–H groups in total. The molecule has 0 aromatic carbocycles. The van der Waals surface area contributed by atoms with E-state index in [0.717, 1.165) is 32.6 Å². The summed E-state index contributed by atoms with van der Waals surface area (Å²) in [5.74, 6) is -1.78. The van der Waals surface area contributed by atoms with Gasteiger partial charge in [0.2, 0.25) is 11.8 Å². The number of carboxylic acid groups (broad SMARTS) is 1. The molecule has 7 heteroatoms. The highest BCUT2D eigenvalue weighted by atomic mass is 16.4. The number of carbonyl (C=O) groups is 3.